The maximum atomic E-state index is 12.0. The van der Waals surface area contributed by atoms with Gasteiger partial charge in [0.05, 0.1) is 20.1 Å². The van der Waals surface area contributed by atoms with Crippen LogP contribution in [0.3, 0.4) is 0 Å². The lowest BCUT2D eigenvalue weighted by molar-refractivity contribution is -0.143. The van der Waals surface area contributed by atoms with Crippen molar-refractivity contribution in [2.45, 2.75) is 32.9 Å². The number of carboxylic acids is 1. The zero-order valence-electron chi connectivity index (χ0n) is 14.9. The summed E-state index contributed by atoms with van der Waals surface area (Å²) in [5, 5.41) is 11.8. The van der Waals surface area contributed by atoms with Crippen LogP contribution >= 0.6 is 0 Å². The molecule has 1 heterocycles. The summed E-state index contributed by atoms with van der Waals surface area (Å²) in [5.41, 5.74) is 0.943. The highest BCUT2D eigenvalue weighted by Gasteiger charge is 2.31. The van der Waals surface area contributed by atoms with Gasteiger partial charge in [-0.05, 0) is 23.6 Å². The number of nitrogens with zero attached hydrogens (tertiary/aromatic N) is 1. The number of amides is 1. The van der Waals surface area contributed by atoms with Crippen LogP contribution in [0.1, 0.15) is 25.8 Å². The third-order valence-electron chi connectivity index (χ3n) is 4.00. The molecule has 0 radical (unpaired) electrons. The number of piperazine rings is 1. The van der Waals surface area contributed by atoms with Crippen molar-refractivity contribution in [3.63, 3.8) is 0 Å². The van der Waals surface area contributed by atoms with E-state index in [1.54, 1.807) is 7.11 Å². The quantitative estimate of drug-likeness (QED) is 0.739. The van der Waals surface area contributed by atoms with E-state index in [9.17, 15) is 9.59 Å². The third kappa shape index (κ3) is 5.35. The fraction of sp³-hybridized carbons (Fsp3) is 0.556. The van der Waals surface area contributed by atoms with Gasteiger partial charge in [0.15, 0.2) is 11.5 Å². The molecule has 0 spiro atoms. The molecule has 1 aromatic rings. The molecule has 1 aliphatic rings. The molecule has 0 aliphatic carbocycles. The molecule has 1 amide bonds. The fourth-order valence-corrected chi connectivity index (χ4v) is 2.76. The number of ether oxygens (including phenoxy) is 2. The van der Waals surface area contributed by atoms with Gasteiger partial charge in [0.25, 0.3) is 0 Å². The first kappa shape index (κ1) is 19.1. The number of carbonyl (C=O) groups is 2. The molecule has 138 valence electrons. The molecular formula is C18H26N2O5. The van der Waals surface area contributed by atoms with Crippen LogP contribution in [-0.4, -0.2) is 54.7 Å². The van der Waals surface area contributed by atoms with E-state index in [1.807, 2.05) is 23.1 Å². The molecule has 0 saturated carbocycles. The van der Waals surface area contributed by atoms with Gasteiger partial charge in [0.1, 0.15) is 6.04 Å². The highest BCUT2D eigenvalue weighted by Crippen LogP contribution is 2.29. The standard InChI is InChI=1S/C18H26N2O5/c1-12(2)11-25-15-5-4-13(8-16(15)24-3)10-20-7-6-19-18(23)14(20)9-17(21)22/h4-5,8,12,14H,6-7,9-11H2,1-3H3,(H,19,23)(H,21,22). The van der Waals surface area contributed by atoms with Gasteiger partial charge in [0, 0.05) is 19.6 Å². The molecule has 7 heteroatoms. The number of nitrogens with one attached hydrogen (secondary N) is 1. The smallest absolute Gasteiger partial charge is 0.305 e. The van der Waals surface area contributed by atoms with Crippen LogP contribution < -0.4 is 14.8 Å². The van der Waals surface area contributed by atoms with E-state index in [-0.39, 0.29) is 12.3 Å². The van der Waals surface area contributed by atoms with Crippen molar-refractivity contribution in [3.05, 3.63) is 23.8 Å². The topological polar surface area (TPSA) is 88.1 Å². The minimum atomic E-state index is -0.984. The first-order chi connectivity index (χ1) is 11.9. The summed E-state index contributed by atoms with van der Waals surface area (Å²) in [5.74, 6) is 0.500. The highest BCUT2D eigenvalue weighted by molar-refractivity contribution is 5.86. The van der Waals surface area contributed by atoms with E-state index in [0.29, 0.717) is 43.7 Å². The van der Waals surface area contributed by atoms with E-state index in [4.69, 9.17) is 14.6 Å². The van der Waals surface area contributed by atoms with E-state index >= 15 is 0 Å². The predicted molar refractivity (Wildman–Crippen MR) is 92.8 cm³/mol. The van der Waals surface area contributed by atoms with E-state index in [1.165, 1.54) is 0 Å². The molecule has 25 heavy (non-hydrogen) atoms. The summed E-state index contributed by atoms with van der Waals surface area (Å²) in [4.78, 5) is 24.9. The molecule has 2 rings (SSSR count). The number of aliphatic carboxylic acids is 1. The van der Waals surface area contributed by atoms with Crippen LogP contribution in [0.4, 0.5) is 0 Å². The van der Waals surface area contributed by atoms with Crippen molar-refractivity contribution in [1.82, 2.24) is 10.2 Å². The Morgan fingerprint density at radius 3 is 2.80 bits per heavy atom. The van der Waals surface area contributed by atoms with Gasteiger partial charge in [-0.15, -0.1) is 0 Å². The number of hydrogen-bond donors (Lipinski definition) is 2. The molecule has 0 bridgehead atoms. The average molecular weight is 350 g/mol. The number of carbonyl (C=O) groups excluding carboxylic acids is 1. The Bertz CT molecular complexity index is 617. The van der Waals surface area contributed by atoms with Crippen LogP contribution in [0.2, 0.25) is 0 Å². The summed E-state index contributed by atoms with van der Waals surface area (Å²) in [6.07, 6.45) is -0.210. The Kier molecular flexibility index (Phi) is 6.64. The van der Waals surface area contributed by atoms with Crippen LogP contribution in [0.15, 0.2) is 18.2 Å². The normalized spacial score (nSPS) is 18.1. The summed E-state index contributed by atoms with van der Waals surface area (Å²) < 4.78 is 11.1. The van der Waals surface area contributed by atoms with Gasteiger partial charge in [-0.2, -0.15) is 0 Å². The number of benzene rings is 1. The Morgan fingerprint density at radius 1 is 1.40 bits per heavy atom. The van der Waals surface area contributed by atoms with Gasteiger partial charge >= 0.3 is 5.97 Å². The van der Waals surface area contributed by atoms with Crippen molar-refractivity contribution < 1.29 is 24.2 Å². The Morgan fingerprint density at radius 2 is 2.16 bits per heavy atom. The highest BCUT2D eigenvalue weighted by atomic mass is 16.5. The zero-order chi connectivity index (χ0) is 18.4. The van der Waals surface area contributed by atoms with Gasteiger partial charge in [-0.25, -0.2) is 0 Å². The lowest BCUT2D eigenvalue weighted by Gasteiger charge is -2.34. The van der Waals surface area contributed by atoms with Crippen LogP contribution in [0.25, 0.3) is 0 Å². The first-order valence-electron chi connectivity index (χ1n) is 8.44. The minimum absolute atomic E-state index is 0.210. The average Bonchev–Trinajstić information content (AvgIpc) is 2.56. The van der Waals surface area contributed by atoms with E-state index < -0.39 is 12.0 Å². The molecule has 1 unspecified atom stereocenters. The largest absolute Gasteiger partial charge is 0.493 e. The second-order valence-electron chi connectivity index (χ2n) is 6.57. The first-order valence-corrected chi connectivity index (χ1v) is 8.44. The van der Waals surface area contributed by atoms with Crippen molar-refractivity contribution in [3.8, 4) is 11.5 Å². The number of carboxylic acid groups (broad SMARTS) is 1. The number of hydrogen-bond acceptors (Lipinski definition) is 5. The summed E-state index contributed by atoms with van der Waals surface area (Å²) in [6.45, 7) is 6.35. The lowest BCUT2D eigenvalue weighted by Crippen LogP contribution is -2.55. The van der Waals surface area contributed by atoms with Crippen molar-refractivity contribution in [1.29, 1.82) is 0 Å². The van der Waals surface area contributed by atoms with E-state index in [2.05, 4.69) is 19.2 Å². The Balaban J connectivity index is 2.12. The molecule has 1 aromatic carbocycles. The molecule has 0 aromatic heterocycles. The number of rotatable bonds is 8. The second kappa shape index (κ2) is 8.71. The van der Waals surface area contributed by atoms with Crippen molar-refractivity contribution >= 4 is 11.9 Å². The molecule has 1 fully saturated rings. The second-order valence-corrected chi connectivity index (χ2v) is 6.57. The predicted octanol–water partition coefficient (Wildman–Crippen LogP) is 1.51. The van der Waals surface area contributed by atoms with Crippen molar-refractivity contribution in [2.75, 3.05) is 26.8 Å². The summed E-state index contributed by atoms with van der Waals surface area (Å²) in [6, 6.07) is 4.99. The van der Waals surface area contributed by atoms with Crippen molar-refractivity contribution in [2.24, 2.45) is 5.92 Å². The monoisotopic (exact) mass is 350 g/mol. The maximum Gasteiger partial charge on any atom is 0.305 e. The van der Waals surface area contributed by atoms with Crippen LogP contribution in [-0.2, 0) is 16.1 Å². The Hall–Kier alpha value is -2.28. The van der Waals surface area contributed by atoms with E-state index in [0.717, 1.165) is 5.56 Å². The SMILES string of the molecule is COc1cc(CN2CCNC(=O)C2CC(=O)O)ccc1OCC(C)C. The molecule has 7 nitrogen and oxygen atoms in total. The van der Waals surface area contributed by atoms with Gasteiger partial charge in [0.2, 0.25) is 5.91 Å². The molecule has 1 aliphatic heterocycles. The maximum absolute atomic E-state index is 12.0. The minimum Gasteiger partial charge on any atom is -0.493 e. The zero-order valence-corrected chi connectivity index (χ0v) is 14.9. The van der Waals surface area contributed by atoms with Crippen LogP contribution in [0.5, 0.6) is 11.5 Å². The van der Waals surface area contributed by atoms with Gasteiger partial charge < -0.3 is 19.9 Å². The molecule has 2 N–H and O–H groups in total. The van der Waals surface area contributed by atoms with Crippen LogP contribution in [0, 0.1) is 5.92 Å². The van der Waals surface area contributed by atoms with Gasteiger partial charge in [-0.3, -0.25) is 14.5 Å². The fourth-order valence-electron chi connectivity index (χ4n) is 2.76. The molecule has 1 atom stereocenters. The summed E-state index contributed by atoms with van der Waals surface area (Å²) >= 11 is 0. The summed E-state index contributed by atoms with van der Waals surface area (Å²) in [7, 11) is 1.59. The number of methoxy groups -OCH3 is 1. The molecular weight excluding hydrogens is 324 g/mol. The lowest BCUT2D eigenvalue weighted by atomic mass is 10.1. The Labute approximate surface area is 147 Å². The van der Waals surface area contributed by atoms with Gasteiger partial charge in [-0.1, -0.05) is 19.9 Å². The third-order valence-corrected chi connectivity index (χ3v) is 4.00. The molecule has 1 saturated heterocycles.